The fourth-order valence-corrected chi connectivity index (χ4v) is 4.11. The smallest absolute Gasteiger partial charge is 0.243 e. The van der Waals surface area contributed by atoms with Gasteiger partial charge in [0.1, 0.15) is 0 Å². The molecule has 0 saturated heterocycles. The monoisotopic (exact) mass is 395 g/mol. The number of carbonyl (C=O) groups excluding carboxylic acids is 1. The van der Waals surface area contributed by atoms with Crippen LogP contribution in [0.1, 0.15) is 13.8 Å². The van der Waals surface area contributed by atoms with Gasteiger partial charge in [0, 0.05) is 18.8 Å². The molecule has 2 aromatic rings. The molecule has 1 amide bonds. The zero-order valence-electron chi connectivity index (χ0n) is 14.7. The number of sulfonamides is 1. The van der Waals surface area contributed by atoms with Crippen LogP contribution in [0.15, 0.2) is 53.4 Å². The molecule has 0 heterocycles. The molecule has 0 aliphatic carbocycles. The average Bonchev–Trinajstić information content (AvgIpc) is 2.63. The highest BCUT2D eigenvalue weighted by Gasteiger charge is 2.21. The summed E-state index contributed by atoms with van der Waals surface area (Å²) in [5, 5.41) is 6.09. The van der Waals surface area contributed by atoms with Crippen LogP contribution in [0.5, 0.6) is 0 Å². The third-order valence-corrected chi connectivity index (χ3v) is 6.15. The SMILES string of the molecule is CCN(CC)S(=O)(=O)c1cccc(NCC(=O)Nc2ccccc2Cl)c1. The van der Waals surface area contributed by atoms with E-state index in [4.69, 9.17) is 11.6 Å². The van der Waals surface area contributed by atoms with Crippen molar-refractivity contribution in [1.29, 1.82) is 0 Å². The summed E-state index contributed by atoms with van der Waals surface area (Å²) in [6.07, 6.45) is 0. The van der Waals surface area contributed by atoms with E-state index in [1.54, 1.807) is 56.3 Å². The van der Waals surface area contributed by atoms with Gasteiger partial charge in [-0.15, -0.1) is 0 Å². The third kappa shape index (κ3) is 4.97. The molecule has 0 aliphatic rings. The van der Waals surface area contributed by atoms with Crippen LogP contribution in [-0.4, -0.2) is 38.3 Å². The van der Waals surface area contributed by atoms with Gasteiger partial charge in [0.25, 0.3) is 0 Å². The summed E-state index contributed by atoms with van der Waals surface area (Å²) in [6, 6.07) is 13.4. The molecule has 2 N–H and O–H groups in total. The molecular weight excluding hydrogens is 374 g/mol. The van der Waals surface area contributed by atoms with Crippen LogP contribution in [0.2, 0.25) is 5.02 Å². The van der Waals surface area contributed by atoms with E-state index in [0.717, 1.165) is 0 Å². The van der Waals surface area contributed by atoms with Gasteiger partial charge in [-0.2, -0.15) is 4.31 Å². The van der Waals surface area contributed by atoms with Crippen molar-refractivity contribution in [3.8, 4) is 0 Å². The van der Waals surface area contributed by atoms with Gasteiger partial charge < -0.3 is 10.6 Å². The summed E-state index contributed by atoms with van der Waals surface area (Å²) < 4.78 is 26.5. The van der Waals surface area contributed by atoms with Gasteiger partial charge in [-0.3, -0.25) is 4.79 Å². The summed E-state index contributed by atoms with van der Waals surface area (Å²) in [4.78, 5) is 12.3. The van der Waals surface area contributed by atoms with E-state index < -0.39 is 10.0 Å². The summed E-state index contributed by atoms with van der Waals surface area (Å²) in [6.45, 7) is 4.37. The number of anilines is 2. The zero-order chi connectivity index (χ0) is 19.2. The first-order valence-corrected chi connectivity index (χ1v) is 10.1. The number of rotatable bonds is 8. The first-order chi connectivity index (χ1) is 12.4. The Bertz CT molecular complexity index is 867. The van der Waals surface area contributed by atoms with Gasteiger partial charge in [0.15, 0.2) is 0 Å². The number of carbonyl (C=O) groups is 1. The average molecular weight is 396 g/mol. The van der Waals surface area contributed by atoms with Crippen LogP contribution in [-0.2, 0) is 14.8 Å². The second-order valence-corrected chi connectivity index (χ2v) is 7.84. The summed E-state index contributed by atoms with van der Waals surface area (Å²) >= 11 is 6.01. The highest BCUT2D eigenvalue weighted by molar-refractivity contribution is 7.89. The van der Waals surface area contributed by atoms with Crippen LogP contribution in [0, 0.1) is 0 Å². The van der Waals surface area contributed by atoms with Crippen molar-refractivity contribution < 1.29 is 13.2 Å². The molecule has 6 nitrogen and oxygen atoms in total. The van der Waals surface area contributed by atoms with Crippen molar-refractivity contribution in [2.45, 2.75) is 18.7 Å². The quantitative estimate of drug-likeness (QED) is 0.717. The fourth-order valence-electron chi connectivity index (χ4n) is 2.42. The van der Waals surface area contributed by atoms with Crippen LogP contribution in [0.25, 0.3) is 0 Å². The van der Waals surface area contributed by atoms with E-state index in [-0.39, 0.29) is 17.3 Å². The number of nitrogens with one attached hydrogen (secondary N) is 2. The molecule has 0 aliphatic heterocycles. The lowest BCUT2D eigenvalue weighted by Crippen LogP contribution is -2.30. The van der Waals surface area contributed by atoms with E-state index in [2.05, 4.69) is 10.6 Å². The fraction of sp³-hybridized carbons (Fsp3) is 0.278. The van der Waals surface area contributed by atoms with Crippen molar-refractivity contribution in [2.75, 3.05) is 30.3 Å². The molecule has 0 aromatic heterocycles. The molecule has 0 unspecified atom stereocenters. The summed E-state index contributed by atoms with van der Waals surface area (Å²) in [5.41, 5.74) is 1.08. The molecular formula is C18H22ClN3O3S. The molecule has 8 heteroatoms. The predicted octanol–water partition coefficient (Wildman–Crippen LogP) is 3.42. The standard InChI is InChI=1S/C18H22ClN3O3S/c1-3-22(4-2)26(24,25)15-9-7-8-14(12-15)20-13-18(23)21-17-11-6-5-10-16(17)19/h5-12,20H,3-4,13H2,1-2H3,(H,21,23). The van der Waals surface area contributed by atoms with Gasteiger partial charge in [0.05, 0.1) is 22.2 Å². The second-order valence-electron chi connectivity index (χ2n) is 5.50. The topological polar surface area (TPSA) is 78.5 Å². The Morgan fingerprint density at radius 2 is 1.77 bits per heavy atom. The molecule has 0 spiro atoms. The molecule has 0 radical (unpaired) electrons. The van der Waals surface area contributed by atoms with Crippen LogP contribution in [0.3, 0.4) is 0 Å². The van der Waals surface area contributed by atoms with Crippen LogP contribution < -0.4 is 10.6 Å². The lowest BCUT2D eigenvalue weighted by molar-refractivity contribution is -0.114. The number of hydrogen-bond donors (Lipinski definition) is 2. The van der Waals surface area contributed by atoms with Crippen LogP contribution in [0.4, 0.5) is 11.4 Å². The van der Waals surface area contributed by atoms with E-state index in [9.17, 15) is 13.2 Å². The Hall–Kier alpha value is -2.09. The largest absolute Gasteiger partial charge is 0.376 e. The maximum Gasteiger partial charge on any atom is 0.243 e. The van der Waals surface area contributed by atoms with E-state index >= 15 is 0 Å². The van der Waals surface area contributed by atoms with Gasteiger partial charge in [-0.25, -0.2) is 8.42 Å². The number of hydrogen-bond acceptors (Lipinski definition) is 4. The first-order valence-electron chi connectivity index (χ1n) is 8.27. The van der Waals surface area contributed by atoms with E-state index in [0.29, 0.717) is 29.5 Å². The molecule has 0 bridgehead atoms. The first kappa shape index (κ1) is 20.2. The molecule has 0 fully saturated rings. The minimum atomic E-state index is -3.54. The van der Waals surface area contributed by atoms with Crippen molar-refractivity contribution in [1.82, 2.24) is 4.31 Å². The van der Waals surface area contributed by atoms with Gasteiger partial charge >= 0.3 is 0 Å². The number of nitrogens with zero attached hydrogens (tertiary/aromatic N) is 1. The second kappa shape index (κ2) is 9.02. The lowest BCUT2D eigenvalue weighted by atomic mass is 10.3. The van der Waals surface area contributed by atoms with E-state index in [1.165, 1.54) is 10.4 Å². The highest BCUT2D eigenvalue weighted by atomic mass is 35.5. The molecule has 2 rings (SSSR count). The number of halogens is 1. The number of amides is 1. The third-order valence-electron chi connectivity index (χ3n) is 3.78. The molecule has 140 valence electrons. The van der Waals surface area contributed by atoms with Gasteiger partial charge in [-0.1, -0.05) is 43.6 Å². The molecule has 2 aromatic carbocycles. The van der Waals surface area contributed by atoms with Crippen LogP contribution >= 0.6 is 11.6 Å². The van der Waals surface area contributed by atoms with Gasteiger partial charge in [0.2, 0.25) is 15.9 Å². The maximum absolute atomic E-state index is 12.6. The molecule has 26 heavy (non-hydrogen) atoms. The Labute approximate surface area is 159 Å². The Kier molecular flexibility index (Phi) is 7.02. The number of para-hydroxylation sites is 1. The Morgan fingerprint density at radius 1 is 1.08 bits per heavy atom. The maximum atomic E-state index is 12.6. The summed E-state index contributed by atoms with van der Waals surface area (Å²) in [7, 11) is -3.54. The minimum absolute atomic E-state index is 0.0139. The number of benzene rings is 2. The molecule has 0 atom stereocenters. The summed E-state index contributed by atoms with van der Waals surface area (Å²) in [5.74, 6) is -0.282. The highest BCUT2D eigenvalue weighted by Crippen LogP contribution is 2.21. The predicted molar refractivity (Wildman–Crippen MR) is 105 cm³/mol. The van der Waals surface area contributed by atoms with Crippen molar-refractivity contribution in [2.24, 2.45) is 0 Å². The zero-order valence-corrected chi connectivity index (χ0v) is 16.3. The van der Waals surface area contributed by atoms with Crippen molar-refractivity contribution in [3.63, 3.8) is 0 Å². The lowest BCUT2D eigenvalue weighted by Gasteiger charge is -2.19. The Morgan fingerprint density at radius 3 is 2.42 bits per heavy atom. The molecule has 0 saturated carbocycles. The van der Waals surface area contributed by atoms with E-state index in [1.807, 2.05) is 0 Å². The van der Waals surface area contributed by atoms with Crippen molar-refractivity contribution in [3.05, 3.63) is 53.6 Å². The normalized spacial score (nSPS) is 11.4. The van der Waals surface area contributed by atoms with Crippen molar-refractivity contribution >= 4 is 38.9 Å². The van der Waals surface area contributed by atoms with Gasteiger partial charge in [-0.05, 0) is 30.3 Å². The Balaban J connectivity index is 2.05. The minimum Gasteiger partial charge on any atom is -0.376 e.